The quantitative estimate of drug-likeness (QED) is 0.771. The van der Waals surface area contributed by atoms with Crippen molar-refractivity contribution in [2.75, 3.05) is 13.1 Å². The van der Waals surface area contributed by atoms with E-state index in [9.17, 15) is 4.79 Å². The second-order valence-electron chi connectivity index (χ2n) is 6.61. The lowest BCUT2D eigenvalue weighted by atomic mass is 9.88. The highest BCUT2D eigenvalue weighted by Crippen LogP contribution is 2.26. The van der Waals surface area contributed by atoms with Crippen molar-refractivity contribution in [1.29, 1.82) is 0 Å². The van der Waals surface area contributed by atoms with Crippen LogP contribution in [-0.2, 0) is 0 Å². The lowest BCUT2D eigenvalue weighted by Gasteiger charge is -2.37. The fourth-order valence-corrected chi connectivity index (χ4v) is 3.08. The molecule has 0 radical (unpaired) electrons. The van der Waals surface area contributed by atoms with Crippen molar-refractivity contribution in [1.82, 2.24) is 4.90 Å². The Morgan fingerprint density at radius 1 is 1.05 bits per heavy atom. The Morgan fingerprint density at radius 2 is 1.65 bits per heavy atom. The summed E-state index contributed by atoms with van der Waals surface area (Å²) in [6.45, 7) is 10.3. The molecule has 0 atom stereocenters. The summed E-state index contributed by atoms with van der Waals surface area (Å²) in [6.07, 6.45) is 5.02. The zero-order chi connectivity index (χ0) is 14.8. The van der Waals surface area contributed by atoms with E-state index < -0.39 is 5.54 Å². The fourth-order valence-electron chi connectivity index (χ4n) is 3.08. The van der Waals surface area contributed by atoms with Crippen molar-refractivity contribution in [2.45, 2.75) is 58.9 Å². The summed E-state index contributed by atoms with van der Waals surface area (Å²) in [5, 5.41) is 0. The Labute approximate surface area is 123 Å². The lowest BCUT2D eigenvalue weighted by molar-refractivity contribution is 0.0649. The zero-order valence-corrected chi connectivity index (χ0v) is 13.3. The standard InChI is InChI=1S/C18H27NO/c1-14-9-10-15(2)16(13-14)17(20)18(3,4)19-11-7-5-6-8-12-19/h9-10,13H,5-8,11-12H2,1-4H3. The molecule has 2 heteroatoms. The third-order valence-electron chi connectivity index (χ3n) is 4.59. The molecule has 1 aromatic rings. The van der Waals surface area contributed by atoms with E-state index in [1.165, 1.54) is 25.7 Å². The van der Waals surface area contributed by atoms with Crippen molar-refractivity contribution < 1.29 is 4.79 Å². The number of rotatable bonds is 3. The van der Waals surface area contributed by atoms with Crippen LogP contribution in [0, 0.1) is 13.8 Å². The van der Waals surface area contributed by atoms with Crippen LogP contribution in [0.1, 0.15) is 61.0 Å². The van der Waals surface area contributed by atoms with Crippen molar-refractivity contribution in [3.05, 3.63) is 34.9 Å². The molecule has 1 heterocycles. The Morgan fingerprint density at radius 3 is 2.25 bits per heavy atom. The predicted molar refractivity (Wildman–Crippen MR) is 84.4 cm³/mol. The maximum absolute atomic E-state index is 13.0. The lowest BCUT2D eigenvalue weighted by Crippen LogP contribution is -2.50. The summed E-state index contributed by atoms with van der Waals surface area (Å²) >= 11 is 0. The van der Waals surface area contributed by atoms with E-state index in [0.717, 1.165) is 29.8 Å². The monoisotopic (exact) mass is 273 g/mol. The molecule has 110 valence electrons. The molecule has 0 spiro atoms. The molecule has 0 N–H and O–H groups in total. The van der Waals surface area contributed by atoms with E-state index >= 15 is 0 Å². The minimum atomic E-state index is -0.400. The number of aryl methyl sites for hydroxylation is 2. The third kappa shape index (κ3) is 3.12. The number of carbonyl (C=O) groups excluding carboxylic acids is 1. The molecule has 0 aliphatic carbocycles. The number of carbonyl (C=O) groups is 1. The molecule has 1 fully saturated rings. The molecular formula is C18H27NO. The molecule has 0 saturated carbocycles. The molecule has 2 rings (SSSR count). The minimum Gasteiger partial charge on any atom is -0.292 e. The summed E-state index contributed by atoms with van der Waals surface area (Å²) in [7, 11) is 0. The van der Waals surface area contributed by atoms with Crippen LogP contribution in [-0.4, -0.2) is 29.3 Å². The van der Waals surface area contributed by atoms with Gasteiger partial charge in [0.25, 0.3) is 0 Å². The van der Waals surface area contributed by atoms with Gasteiger partial charge in [0.2, 0.25) is 0 Å². The molecule has 0 aromatic heterocycles. The Balaban J connectivity index is 2.27. The molecule has 20 heavy (non-hydrogen) atoms. The molecule has 0 bridgehead atoms. The van der Waals surface area contributed by atoms with Crippen LogP contribution in [0.15, 0.2) is 18.2 Å². The van der Waals surface area contributed by atoms with Gasteiger partial charge in [-0.3, -0.25) is 9.69 Å². The average Bonchev–Trinajstić information content (AvgIpc) is 2.70. The third-order valence-corrected chi connectivity index (χ3v) is 4.59. The highest BCUT2D eigenvalue weighted by molar-refractivity contribution is 6.03. The highest BCUT2D eigenvalue weighted by atomic mass is 16.1. The second kappa shape index (κ2) is 6.09. The number of hydrogen-bond acceptors (Lipinski definition) is 2. The predicted octanol–water partition coefficient (Wildman–Crippen LogP) is 4.14. The summed E-state index contributed by atoms with van der Waals surface area (Å²) in [6, 6.07) is 6.17. The maximum atomic E-state index is 13.0. The molecular weight excluding hydrogens is 246 g/mol. The van der Waals surface area contributed by atoms with Crippen LogP contribution in [0.3, 0.4) is 0 Å². The molecule has 1 aliphatic rings. The van der Waals surface area contributed by atoms with Gasteiger partial charge in [0.1, 0.15) is 0 Å². The van der Waals surface area contributed by atoms with Crippen LogP contribution in [0.4, 0.5) is 0 Å². The number of hydrogen-bond donors (Lipinski definition) is 0. The molecule has 0 amide bonds. The SMILES string of the molecule is Cc1ccc(C)c(C(=O)C(C)(C)N2CCCCCC2)c1. The number of nitrogens with zero attached hydrogens (tertiary/aromatic N) is 1. The van der Waals surface area contributed by atoms with Crippen LogP contribution >= 0.6 is 0 Å². The first kappa shape index (κ1) is 15.2. The van der Waals surface area contributed by atoms with Gasteiger partial charge < -0.3 is 0 Å². The van der Waals surface area contributed by atoms with Gasteiger partial charge in [0.05, 0.1) is 5.54 Å². The van der Waals surface area contributed by atoms with Gasteiger partial charge >= 0.3 is 0 Å². The molecule has 1 aromatic carbocycles. The average molecular weight is 273 g/mol. The van der Waals surface area contributed by atoms with Crippen molar-refractivity contribution >= 4 is 5.78 Å². The Hall–Kier alpha value is -1.15. The Kier molecular flexibility index (Phi) is 4.64. The van der Waals surface area contributed by atoms with Gasteiger partial charge in [-0.1, -0.05) is 30.5 Å². The smallest absolute Gasteiger partial charge is 0.182 e. The summed E-state index contributed by atoms with van der Waals surface area (Å²) in [5.74, 6) is 0.264. The molecule has 1 saturated heterocycles. The first-order valence-electron chi connectivity index (χ1n) is 7.80. The van der Waals surface area contributed by atoms with E-state index in [2.05, 4.69) is 37.8 Å². The van der Waals surface area contributed by atoms with Crippen LogP contribution in [0.2, 0.25) is 0 Å². The van der Waals surface area contributed by atoms with E-state index in [4.69, 9.17) is 0 Å². The number of Topliss-reactive ketones (excluding diaryl/α,β-unsaturated/α-hetero) is 1. The van der Waals surface area contributed by atoms with Gasteiger partial charge in [-0.2, -0.15) is 0 Å². The Bertz CT molecular complexity index is 482. The van der Waals surface area contributed by atoms with Gasteiger partial charge in [-0.05, 0) is 65.3 Å². The van der Waals surface area contributed by atoms with Gasteiger partial charge in [0.15, 0.2) is 5.78 Å². The topological polar surface area (TPSA) is 20.3 Å². The summed E-state index contributed by atoms with van der Waals surface area (Å²) in [5.41, 5.74) is 2.73. The number of benzene rings is 1. The van der Waals surface area contributed by atoms with E-state index in [1.807, 2.05) is 13.0 Å². The van der Waals surface area contributed by atoms with Gasteiger partial charge in [-0.25, -0.2) is 0 Å². The molecule has 0 unspecified atom stereocenters. The normalized spacial score (nSPS) is 17.8. The minimum absolute atomic E-state index is 0.264. The van der Waals surface area contributed by atoms with Crippen LogP contribution in [0.25, 0.3) is 0 Å². The van der Waals surface area contributed by atoms with E-state index in [-0.39, 0.29) is 5.78 Å². The largest absolute Gasteiger partial charge is 0.292 e. The van der Waals surface area contributed by atoms with Crippen molar-refractivity contribution in [3.8, 4) is 0 Å². The first-order chi connectivity index (χ1) is 9.43. The van der Waals surface area contributed by atoms with Gasteiger partial charge in [0, 0.05) is 5.56 Å². The zero-order valence-electron chi connectivity index (χ0n) is 13.3. The van der Waals surface area contributed by atoms with Gasteiger partial charge in [-0.15, -0.1) is 0 Å². The van der Waals surface area contributed by atoms with Crippen molar-refractivity contribution in [2.24, 2.45) is 0 Å². The highest BCUT2D eigenvalue weighted by Gasteiger charge is 2.35. The second-order valence-corrected chi connectivity index (χ2v) is 6.61. The van der Waals surface area contributed by atoms with Crippen LogP contribution in [0.5, 0.6) is 0 Å². The van der Waals surface area contributed by atoms with Crippen molar-refractivity contribution in [3.63, 3.8) is 0 Å². The van der Waals surface area contributed by atoms with Crippen LogP contribution < -0.4 is 0 Å². The first-order valence-corrected chi connectivity index (χ1v) is 7.80. The summed E-state index contributed by atoms with van der Waals surface area (Å²) in [4.78, 5) is 15.4. The number of likely N-dealkylation sites (tertiary alicyclic amines) is 1. The number of ketones is 1. The molecule has 1 aliphatic heterocycles. The summed E-state index contributed by atoms with van der Waals surface area (Å²) < 4.78 is 0. The van der Waals surface area contributed by atoms with E-state index in [0.29, 0.717) is 0 Å². The fraction of sp³-hybridized carbons (Fsp3) is 0.611. The molecule has 2 nitrogen and oxygen atoms in total. The maximum Gasteiger partial charge on any atom is 0.182 e. The van der Waals surface area contributed by atoms with E-state index in [1.54, 1.807) is 0 Å².